The predicted molar refractivity (Wildman–Crippen MR) is 92.5 cm³/mol. The average Bonchev–Trinajstić information content (AvgIpc) is 3.15. The van der Waals surface area contributed by atoms with Crippen molar-refractivity contribution in [3.05, 3.63) is 43.0 Å². The highest BCUT2D eigenvalue weighted by molar-refractivity contribution is 5.71. The van der Waals surface area contributed by atoms with Gasteiger partial charge in [-0.05, 0) is 24.3 Å². The molecule has 4 aromatic rings. The molecular weight excluding hydrogens is 318 g/mol. The summed E-state index contributed by atoms with van der Waals surface area (Å²) in [6.07, 6.45) is 4.97. The van der Waals surface area contributed by atoms with Crippen LogP contribution >= 0.6 is 0 Å². The predicted octanol–water partition coefficient (Wildman–Crippen LogP) is 0.789. The van der Waals surface area contributed by atoms with Gasteiger partial charge in [0.05, 0.1) is 0 Å². The molecule has 0 amide bonds. The minimum absolute atomic E-state index is 0.683. The van der Waals surface area contributed by atoms with Crippen LogP contribution in [0.4, 0.5) is 11.6 Å². The van der Waals surface area contributed by atoms with Crippen LogP contribution in [0.25, 0.3) is 16.8 Å². The minimum Gasteiger partial charge on any atom is -0.353 e. The van der Waals surface area contributed by atoms with Gasteiger partial charge in [0.1, 0.15) is 23.5 Å². The zero-order valence-electron chi connectivity index (χ0n) is 13.4. The molecule has 1 aliphatic rings. The Labute approximate surface area is 143 Å². The van der Waals surface area contributed by atoms with E-state index in [1.807, 2.05) is 24.3 Å². The minimum atomic E-state index is 0.683. The number of aromatic nitrogens is 7. The van der Waals surface area contributed by atoms with Gasteiger partial charge < -0.3 is 9.80 Å². The highest BCUT2D eigenvalue weighted by Gasteiger charge is 2.20. The third-order valence-electron chi connectivity index (χ3n) is 4.39. The molecule has 9 heteroatoms. The molecule has 0 N–H and O–H groups in total. The number of pyridine rings is 1. The van der Waals surface area contributed by atoms with Crippen LogP contribution in [0.1, 0.15) is 0 Å². The molecule has 9 nitrogen and oxygen atoms in total. The van der Waals surface area contributed by atoms with E-state index < -0.39 is 0 Å². The van der Waals surface area contributed by atoms with Crippen LogP contribution in [0.2, 0.25) is 0 Å². The van der Waals surface area contributed by atoms with Gasteiger partial charge in [0.2, 0.25) is 0 Å². The second-order valence-corrected chi connectivity index (χ2v) is 5.87. The molecule has 0 spiro atoms. The quantitative estimate of drug-likeness (QED) is 0.532. The van der Waals surface area contributed by atoms with Crippen LogP contribution in [0.15, 0.2) is 43.0 Å². The fraction of sp³-hybridized carbons (Fsp3) is 0.250. The first-order chi connectivity index (χ1) is 12.4. The Morgan fingerprint density at radius 3 is 2.44 bits per heavy atom. The summed E-state index contributed by atoms with van der Waals surface area (Å²) in [5.74, 6) is 1.87. The molecule has 0 bridgehead atoms. The van der Waals surface area contributed by atoms with Gasteiger partial charge in [0.15, 0.2) is 11.3 Å². The molecule has 5 rings (SSSR count). The van der Waals surface area contributed by atoms with Crippen LogP contribution in [0, 0.1) is 0 Å². The van der Waals surface area contributed by atoms with Crippen molar-refractivity contribution in [2.75, 3.05) is 36.0 Å². The van der Waals surface area contributed by atoms with Crippen molar-refractivity contribution in [1.82, 2.24) is 34.8 Å². The highest BCUT2D eigenvalue weighted by Crippen LogP contribution is 2.19. The molecule has 0 saturated carbocycles. The van der Waals surface area contributed by atoms with E-state index in [1.54, 1.807) is 23.2 Å². The van der Waals surface area contributed by atoms with Gasteiger partial charge in [0.25, 0.3) is 0 Å². The van der Waals surface area contributed by atoms with Gasteiger partial charge in [0, 0.05) is 38.6 Å². The van der Waals surface area contributed by atoms with Gasteiger partial charge in [-0.2, -0.15) is 4.52 Å². The van der Waals surface area contributed by atoms with Gasteiger partial charge in [-0.25, -0.2) is 9.97 Å². The number of rotatable bonds is 2. The maximum absolute atomic E-state index is 4.63. The highest BCUT2D eigenvalue weighted by atomic mass is 15.4. The molecule has 0 aliphatic carbocycles. The fourth-order valence-corrected chi connectivity index (χ4v) is 3.07. The van der Waals surface area contributed by atoms with Gasteiger partial charge >= 0.3 is 0 Å². The largest absolute Gasteiger partial charge is 0.353 e. The van der Waals surface area contributed by atoms with Crippen molar-refractivity contribution in [3.63, 3.8) is 0 Å². The van der Waals surface area contributed by atoms with Crippen LogP contribution in [0.5, 0.6) is 0 Å². The van der Waals surface area contributed by atoms with Crippen molar-refractivity contribution < 1.29 is 0 Å². The van der Waals surface area contributed by atoms with Gasteiger partial charge in [-0.15, -0.1) is 15.3 Å². The molecule has 1 aliphatic heterocycles. The van der Waals surface area contributed by atoms with E-state index >= 15 is 0 Å². The van der Waals surface area contributed by atoms with Crippen LogP contribution in [-0.2, 0) is 0 Å². The first-order valence-corrected chi connectivity index (χ1v) is 8.11. The van der Waals surface area contributed by atoms with E-state index in [0.717, 1.165) is 49.0 Å². The molecule has 4 aromatic heterocycles. The summed E-state index contributed by atoms with van der Waals surface area (Å²) in [6, 6.07) is 7.90. The normalized spacial score (nSPS) is 15.2. The Kier molecular flexibility index (Phi) is 3.15. The molecule has 1 fully saturated rings. The molecule has 0 radical (unpaired) electrons. The summed E-state index contributed by atoms with van der Waals surface area (Å²) >= 11 is 0. The molecule has 0 aromatic carbocycles. The summed E-state index contributed by atoms with van der Waals surface area (Å²) in [4.78, 5) is 17.7. The fourth-order valence-electron chi connectivity index (χ4n) is 3.07. The standard InChI is InChI=1S/C16H15N9/c1-2-13(20-16-12(1)17-5-6-18-16)23-7-9-24(10-8-23)15-4-3-14-21-19-11-25(14)22-15/h1-6,11H,7-10H2. The Balaban J connectivity index is 1.34. The monoisotopic (exact) mass is 333 g/mol. The zero-order valence-corrected chi connectivity index (χ0v) is 13.4. The van der Waals surface area contributed by atoms with E-state index in [1.165, 1.54) is 0 Å². The summed E-state index contributed by atoms with van der Waals surface area (Å²) in [5.41, 5.74) is 2.25. The average molecular weight is 333 g/mol. The zero-order chi connectivity index (χ0) is 16.6. The van der Waals surface area contributed by atoms with E-state index in [-0.39, 0.29) is 0 Å². The number of hydrogen-bond acceptors (Lipinski definition) is 8. The molecule has 0 unspecified atom stereocenters. The third-order valence-corrected chi connectivity index (χ3v) is 4.39. The smallest absolute Gasteiger partial charge is 0.180 e. The Morgan fingerprint density at radius 1 is 0.800 bits per heavy atom. The van der Waals surface area contributed by atoms with E-state index in [2.05, 4.69) is 40.0 Å². The van der Waals surface area contributed by atoms with Crippen molar-refractivity contribution in [3.8, 4) is 0 Å². The summed E-state index contributed by atoms with van der Waals surface area (Å²) in [5, 5.41) is 12.4. The summed E-state index contributed by atoms with van der Waals surface area (Å²) < 4.78 is 1.70. The van der Waals surface area contributed by atoms with Crippen LogP contribution in [0.3, 0.4) is 0 Å². The number of fused-ring (bicyclic) bond motifs is 2. The molecule has 25 heavy (non-hydrogen) atoms. The molecule has 0 atom stereocenters. The van der Waals surface area contributed by atoms with Gasteiger partial charge in [-0.1, -0.05) is 0 Å². The number of anilines is 2. The third kappa shape index (κ3) is 2.49. The number of piperazine rings is 1. The number of nitrogens with zero attached hydrogens (tertiary/aromatic N) is 9. The summed E-state index contributed by atoms with van der Waals surface area (Å²) in [6.45, 7) is 3.50. The first kappa shape index (κ1) is 14.0. The van der Waals surface area contributed by atoms with Crippen LogP contribution in [-0.4, -0.2) is 60.9 Å². The van der Waals surface area contributed by atoms with Crippen LogP contribution < -0.4 is 9.80 Å². The van der Waals surface area contributed by atoms with E-state index in [9.17, 15) is 0 Å². The Hall–Kier alpha value is -3.36. The van der Waals surface area contributed by atoms with Gasteiger partial charge in [-0.3, -0.25) is 4.98 Å². The number of hydrogen-bond donors (Lipinski definition) is 0. The Morgan fingerprint density at radius 2 is 1.56 bits per heavy atom. The first-order valence-electron chi connectivity index (χ1n) is 8.11. The van der Waals surface area contributed by atoms with Crippen molar-refractivity contribution in [2.24, 2.45) is 0 Å². The van der Waals surface area contributed by atoms with E-state index in [4.69, 9.17) is 0 Å². The molecule has 124 valence electrons. The molecule has 5 heterocycles. The molecular formula is C16H15N9. The van der Waals surface area contributed by atoms with Crippen molar-refractivity contribution in [2.45, 2.75) is 0 Å². The SMILES string of the molecule is c1cnc2nc(N3CCN(c4ccc5nncn5n4)CC3)ccc2n1. The lowest BCUT2D eigenvalue weighted by Crippen LogP contribution is -2.47. The summed E-state index contributed by atoms with van der Waals surface area (Å²) in [7, 11) is 0. The Bertz CT molecular complexity index is 1040. The van der Waals surface area contributed by atoms with Crippen molar-refractivity contribution >= 4 is 28.4 Å². The van der Waals surface area contributed by atoms with E-state index in [0.29, 0.717) is 5.65 Å². The lowest BCUT2D eigenvalue weighted by molar-refractivity contribution is 0.636. The lowest BCUT2D eigenvalue weighted by atomic mass is 10.3. The topological polar surface area (TPSA) is 88.2 Å². The lowest BCUT2D eigenvalue weighted by Gasteiger charge is -2.35. The second-order valence-electron chi connectivity index (χ2n) is 5.87. The maximum atomic E-state index is 4.63. The second kappa shape index (κ2) is 5.62. The maximum Gasteiger partial charge on any atom is 0.180 e. The van der Waals surface area contributed by atoms with Crippen molar-refractivity contribution in [1.29, 1.82) is 0 Å². The molecule has 1 saturated heterocycles.